The van der Waals surface area contributed by atoms with Gasteiger partial charge in [0.1, 0.15) is 6.04 Å². The van der Waals surface area contributed by atoms with Gasteiger partial charge in [-0.15, -0.1) is 0 Å². The fourth-order valence-electron chi connectivity index (χ4n) is 4.34. The van der Waals surface area contributed by atoms with Crippen LogP contribution in [-0.4, -0.2) is 46.6 Å². The summed E-state index contributed by atoms with van der Waals surface area (Å²) in [5.74, 6) is -0.111. The molecule has 4 atom stereocenters. The molecule has 2 heterocycles. The van der Waals surface area contributed by atoms with Crippen LogP contribution in [0.1, 0.15) is 57.8 Å². The van der Waals surface area contributed by atoms with E-state index in [1.165, 1.54) is 19.3 Å². The molecule has 3 unspecified atom stereocenters. The van der Waals surface area contributed by atoms with E-state index in [9.17, 15) is 14.7 Å². The van der Waals surface area contributed by atoms with E-state index in [0.29, 0.717) is 19.0 Å². The number of hydrogen-bond donors (Lipinski definition) is 2. The van der Waals surface area contributed by atoms with Gasteiger partial charge in [-0.05, 0) is 50.9 Å². The van der Waals surface area contributed by atoms with Gasteiger partial charge in [0.15, 0.2) is 0 Å². The summed E-state index contributed by atoms with van der Waals surface area (Å²) < 4.78 is 0. The molecule has 0 aromatic rings. The summed E-state index contributed by atoms with van der Waals surface area (Å²) in [6.45, 7) is 0.599. The minimum atomic E-state index is -0.852. The number of rotatable bonds is 2. The van der Waals surface area contributed by atoms with Gasteiger partial charge in [-0.25, -0.2) is 4.79 Å². The normalized spacial score (nSPS) is 36.9. The quantitative estimate of drug-likeness (QED) is 0.814. The summed E-state index contributed by atoms with van der Waals surface area (Å²) in [5, 5.41) is 12.9. The van der Waals surface area contributed by atoms with Crippen molar-refractivity contribution in [3.8, 4) is 0 Å². The molecular formula is C16H26N2O3. The van der Waals surface area contributed by atoms with Crippen molar-refractivity contribution in [2.45, 2.75) is 75.9 Å². The number of piperidine rings is 2. The lowest BCUT2D eigenvalue weighted by atomic mass is 9.77. The number of carbonyl (C=O) groups excluding carboxylic acids is 1. The fourth-order valence-corrected chi connectivity index (χ4v) is 4.34. The molecule has 5 nitrogen and oxygen atoms in total. The molecule has 0 radical (unpaired) electrons. The molecule has 0 aromatic heterocycles. The Balaban J connectivity index is 1.65. The Morgan fingerprint density at radius 3 is 2.52 bits per heavy atom. The first kappa shape index (κ1) is 14.8. The zero-order chi connectivity index (χ0) is 14.8. The average molecular weight is 294 g/mol. The van der Waals surface area contributed by atoms with Gasteiger partial charge in [-0.2, -0.15) is 0 Å². The van der Waals surface area contributed by atoms with Gasteiger partial charge in [-0.1, -0.05) is 12.8 Å². The Hall–Kier alpha value is -1.10. The van der Waals surface area contributed by atoms with Crippen LogP contribution >= 0.6 is 0 Å². The predicted molar refractivity (Wildman–Crippen MR) is 78.9 cm³/mol. The summed E-state index contributed by atoms with van der Waals surface area (Å²) in [6.07, 6.45) is 9.40. The Kier molecular flexibility index (Phi) is 4.48. The highest BCUT2D eigenvalue weighted by molar-refractivity contribution is 5.87. The van der Waals surface area contributed by atoms with E-state index in [2.05, 4.69) is 5.32 Å². The summed E-state index contributed by atoms with van der Waals surface area (Å²) >= 11 is 0. The first-order valence-corrected chi connectivity index (χ1v) is 8.46. The second kappa shape index (κ2) is 6.34. The molecule has 0 spiro atoms. The third-order valence-corrected chi connectivity index (χ3v) is 5.52. The van der Waals surface area contributed by atoms with Gasteiger partial charge in [0.2, 0.25) is 5.91 Å². The maximum Gasteiger partial charge on any atom is 0.326 e. The van der Waals surface area contributed by atoms with Crippen LogP contribution in [0.2, 0.25) is 0 Å². The van der Waals surface area contributed by atoms with Crippen molar-refractivity contribution in [3.05, 3.63) is 0 Å². The minimum absolute atomic E-state index is 0.0196. The number of aliphatic carboxylic acids is 1. The summed E-state index contributed by atoms with van der Waals surface area (Å²) in [5.41, 5.74) is 0. The second-order valence-corrected chi connectivity index (χ2v) is 6.83. The first-order chi connectivity index (χ1) is 10.2. The molecular weight excluding hydrogens is 268 g/mol. The number of carboxylic acids is 1. The number of nitrogens with one attached hydrogen (secondary N) is 1. The summed E-state index contributed by atoms with van der Waals surface area (Å²) in [7, 11) is 0. The van der Waals surface area contributed by atoms with Gasteiger partial charge < -0.3 is 15.3 Å². The maximum atomic E-state index is 12.7. The van der Waals surface area contributed by atoms with E-state index in [0.717, 1.165) is 38.0 Å². The molecule has 2 aliphatic heterocycles. The minimum Gasteiger partial charge on any atom is -0.480 e. The number of amides is 1. The zero-order valence-corrected chi connectivity index (χ0v) is 12.6. The Morgan fingerprint density at radius 1 is 0.952 bits per heavy atom. The molecule has 1 saturated carbocycles. The van der Waals surface area contributed by atoms with E-state index in [-0.39, 0.29) is 11.9 Å². The van der Waals surface area contributed by atoms with Crippen LogP contribution in [0.3, 0.4) is 0 Å². The van der Waals surface area contributed by atoms with Crippen LogP contribution in [0.5, 0.6) is 0 Å². The van der Waals surface area contributed by atoms with Crippen molar-refractivity contribution in [3.63, 3.8) is 0 Å². The maximum absolute atomic E-state index is 12.7. The highest BCUT2D eigenvalue weighted by Crippen LogP contribution is 2.33. The monoisotopic (exact) mass is 294 g/mol. The van der Waals surface area contributed by atoms with E-state index < -0.39 is 12.0 Å². The fraction of sp³-hybridized carbons (Fsp3) is 0.875. The van der Waals surface area contributed by atoms with Crippen LogP contribution in [0.25, 0.3) is 0 Å². The summed E-state index contributed by atoms with van der Waals surface area (Å²) in [6, 6.07) is -0.309. The van der Waals surface area contributed by atoms with Crippen molar-refractivity contribution in [1.29, 1.82) is 0 Å². The number of nitrogens with zero attached hydrogens (tertiary/aromatic N) is 1. The third-order valence-electron chi connectivity index (χ3n) is 5.52. The zero-order valence-electron chi connectivity index (χ0n) is 12.6. The van der Waals surface area contributed by atoms with E-state index in [1.54, 1.807) is 4.90 Å². The van der Waals surface area contributed by atoms with Gasteiger partial charge in [0, 0.05) is 12.6 Å². The number of carboxylic acid groups (broad SMARTS) is 1. The molecule has 1 amide bonds. The predicted octanol–water partition coefficient (Wildman–Crippen LogP) is 1.76. The lowest BCUT2D eigenvalue weighted by Crippen LogP contribution is -2.59. The lowest BCUT2D eigenvalue weighted by Gasteiger charge is -2.42. The number of fused-ring (bicyclic) bond motifs is 1. The van der Waals surface area contributed by atoms with Crippen molar-refractivity contribution >= 4 is 11.9 Å². The smallest absolute Gasteiger partial charge is 0.326 e. The molecule has 2 saturated heterocycles. The van der Waals surface area contributed by atoms with Crippen molar-refractivity contribution < 1.29 is 14.7 Å². The molecule has 118 valence electrons. The molecule has 0 aromatic carbocycles. The molecule has 2 N–H and O–H groups in total. The van der Waals surface area contributed by atoms with Crippen LogP contribution in [0.15, 0.2) is 0 Å². The Morgan fingerprint density at radius 2 is 1.71 bits per heavy atom. The highest BCUT2D eigenvalue weighted by atomic mass is 16.4. The summed E-state index contributed by atoms with van der Waals surface area (Å²) in [4.78, 5) is 25.7. The molecule has 0 bridgehead atoms. The van der Waals surface area contributed by atoms with E-state index in [4.69, 9.17) is 0 Å². The second-order valence-electron chi connectivity index (χ2n) is 6.83. The SMILES string of the molecule is O=C(O)[C@@H]1CCCCN1C(=O)C1CCC2CCCCC2N1. The molecule has 21 heavy (non-hydrogen) atoms. The number of hydrogen-bond acceptors (Lipinski definition) is 3. The third kappa shape index (κ3) is 3.07. The van der Waals surface area contributed by atoms with Gasteiger partial charge in [0.25, 0.3) is 0 Å². The van der Waals surface area contributed by atoms with Crippen LogP contribution in [0.4, 0.5) is 0 Å². The topological polar surface area (TPSA) is 69.6 Å². The molecule has 3 aliphatic rings. The van der Waals surface area contributed by atoms with Crippen LogP contribution < -0.4 is 5.32 Å². The van der Waals surface area contributed by atoms with Gasteiger partial charge in [0.05, 0.1) is 6.04 Å². The first-order valence-electron chi connectivity index (χ1n) is 8.46. The van der Waals surface area contributed by atoms with Gasteiger partial charge >= 0.3 is 5.97 Å². The number of likely N-dealkylation sites (tertiary alicyclic amines) is 1. The standard InChI is InChI=1S/C16H26N2O3/c19-15(18-10-4-3-7-14(18)16(20)21)13-9-8-11-5-1-2-6-12(11)17-13/h11-14,17H,1-10H2,(H,20,21)/t11?,12?,13?,14-/m0/s1. The molecule has 3 rings (SSSR count). The van der Waals surface area contributed by atoms with Crippen LogP contribution in [-0.2, 0) is 9.59 Å². The molecule has 3 fully saturated rings. The average Bonchev–Trinajstić information content (AvgIpc) is 2.53. The Labute approximate surface area is 126 Å². The highest BCUT2D eigenvalue weighted by Gasteiger charge is 2.39. The largest absolute Gasteiger partial charge is 0.480 e. The molecule has 1 aliphatic carbocycles. The van der Waals surface area contributed by atoms with Gasteiger partial charge in [-0.3, -0.25) is 4.79 Å². The van der Waals surface area contributed by atoms with Crippen LogP contribution in [0, 0.1) is 5.92 Å². The Bertz CT molecular complexity index is 412. The van der Waals surface area contributed by atoms with E-state index in [1.807, 2.05) is 0 Å². The van der Waals surface area contributed by atoms with E-state index >= 15 is 0 Å². The molecule has 5 heteroatoms. The van der Waals surface area contributed by atoms with Crippen molar-refractivity contribution in [2.24, 2.45) is 5.92 Å². The van der Waals surface area contributed by atoms with Crippen molar-refractivity contribution in [1.82, 2.24) is 10.2 Å². The number of carbonyl (C=O) groups is 2. The van der Waals surface area contributed by atoms with Crippen molar-refractivity contribution in [2.75, 3.05) is 6.54 Å². The lowest BCUT2D eigenvalue weighted by molar-refractivity contribution is -0.153.